The lowest BCUT2D eigenvalue weighted by Crippen LogP contribution is -2.13. The highest BCUT2D eigenvalue weighted by Gasteiger charge is 2.20. The van der Waals surface area contributed by atoms with Crippen LogP contribution in [0.4, 0.5) is 0 Å². The molecule has 6 heteroatoms. The van der Waals surface area contributed by atoms with Crippen molar-refractivity contribution in [2.75, 3.05) is 0 Å². The maximum absolute atomic E-state index is 4.79. The van der Waals surface area contributed by atoms with E-state index >= 15 is 0 Å². The lowest BCUT2D eigenvalue weighted by molar-refractivity contribution is 0.659. The third-order valence-electron chi connectivity index (χ3n) is 6.66. The Morgan fingerprint density at radius 3 is 1.77 bits per heavy atom. The topological polar surface area (TPSA) is 58.0 Å². The molecule has 0 spiro atoms. The van der Waals surface area contributed by atoms with Crippen molar-refractivity contribution < 1.29 is 0 Å². The molecule has 0 atom stereocenters. The van der Waals surface area contributed by atoms with Crippen molar-refractivity contribution in [3.8, 4) is 11.4 Å². The monoisotopic (exact) mass is 518 g/mol. The van der Waals surface area contributed by atoms with E-state index in [1.807, 2.05) is 82.9 Å². The molecule has 0 N–H and O–H groups in total. The summed E-state index contributed by atoms with van der Waals surface area (Å²) in [5.41, 5.74) is 8.82. The quantitative estimate of drug-likeness (QED) is 0.270. The van der Waals surface area contributed by atoms with Crippen LogP contribution in [-0.4, -0.2) is 30.0 Å². The molecule has 192 valence electrons. The van der Waals surface area contributed by atoms with E-state index in [0.717, 1.165) is 33.7 Å². The van der Waals surface area contributed by atoms with E-state index in [4.69, 9.17) is 9.97 Å². The van der Waals surface area contributed by atoms with Gasteiger partial charge < -0.3 is 9.80 Å². The van der Waals surface area contributed by atoms with E-state index in [-0.39, 0.29) is 0 Å². The van der Waals surface area contributed by atoms with Gasteiger partial charge >= 0.3 is 0 Å². The lowest BCUT2D eigenvalue weighted by Gasteiger charge is -2.25. The Hall–Kier alpha value is -5.62. The highest BCUT2D eigenvalue weighted by Crippen LogP contribution is 2.34. The van der Waals surface area contributed by atoms with Gasteiger partial charge in [0.1, 0.15) is 17.1 Å². The maximum atomic E-state index is 4.79. The first-order valence-electron chi connectivity index (χ1n) is 12.9. The summed E-state index contributed by atoms with van der Waals surface area (Å²) in [7, 11) is 0. The molecule has 6 rings (SSSR count). The number of benzene rings is 2. The molecule has 0 saturated heterocycles. The van der Waals surface area contributed by atoms with Gasteiger partial charge in [0, 0.05) is 35.9 Å². The van der Waals surface area contributed by atoms with Gasteiger partial charge in [0.15, 0.2) is 0 Å². The highest BCUT2D eigenvalue weighted by atomic mass is 15.2. The fraction of sp³-hybridized carbons (Fsp3) is 0. The third-order valence-corrected chi connectivity index (χ3v) is 6.66. The minimum Gasteiger partial charge on any atom is -0.324 e. The molecule has 0 saturated carbocycles. The predicted octanol–water partition coefficient (Wildman–Crippen LogP) is 7.17. The maximum Gasteiger partial charge on any atom is 0.132 e. The number of nitrogens with zero attached hydrogens (tertiary/aromatic N) is 6. The van der Waals surface area contributed by atoms with Gasteiger partial charge in [-0.25, -0.2) is 4.98 Å². The fourth-order valence-corrected chi connectivity index (χ4v) is 4.71. The van der Waals surface area contributed by atoms with Gasteiger partial charge in [-0.15, -0.1) is 10.2 Å². The summed E-state index contributed by atoms with van der Waals surface area (Å²) in [6.07, 6.45) is 23.1. The number of rotatable bonds is 6. The highest BCUT2D eigenvalue weighted by molar-refractivity contribution is 5.88. The van der Waals surface area contributed by atoms with Crippen molar-refractivity contribution in [1.29, 1.82) is 0 Å². The van der Waals surface area contributed by atoms with Crippen LogP contribution in [0.15, 0.2) is 147 Å². The summed E-state index contributed by atoms with van der Waals surface area (Å²) < 4.78 is 0. The molecule has 0 aromatic heterocycles. The molecular formula is C34H26N6. The second kappa shape index (κ2) is 11.0. The normalized spacial score (nSPS) is 16.8. The zero-order valence-electron chi connectivity index (χ0n) is 21.8. The number of allylic oxidation sites excluding steroid dienone is 6. The van der Waals surface area contributed by atoms with Crippen molar-refractivity contribution in [2.24, 2.45) is 0 Å². The molecule has 4 aliphatic heterocycles. The summed E-state index contributed by atoms with van der Waals surface area (Å²) in [6, 6.07) is 20.5. The van der Waals surface area contributed by atoms with Crippen LogP contribution in [0.25, 0.3) is 34.7 Å². The largest absolute Gasteiger partial charge is 0.324 e. The van der Waals surface area contributed by atoms with Crippen LogP contribution in [0.2, 0.25) is 0 Å². The Morgan fingerprint density at radius 2 is 1.20 bits per heavy atom. The van der Waals surface area contributed by atoms with Crippen LogP contribution in [0.3, 0.4) is 0 Å². The average molecular weight is 519 g/mol. The minimum absolute atomic E-state index is 0.612. The molecule has 6 nitrogen and oxygen atoms in total. The molecular weight excluding hydrogens is 492 g/mol. The standard InChI is InChI=1S/C34H26N6/c1-3-39-19-11-17-28(25-13-7-5-8-14-25)32(39)21-27-23-36-34-30(37-38-31(34)24-35-27)22-33-29(18-12-20-40(33)4-2)26-15-9-6-10-16-26/h3-24H,1-2H2/b32-21+,33-22+. The zero-order valence-corrected chi connectivity index (χ0v) is 21.8. The van der Waals surface area contributed by atoms with E-state index in [2.05, 4.69) is 59.8 Å². The van der Waals surface area contributed by atoms with Crippen LogP contribution < -0.4 is 0 Å². The first-order valence-corrected chi connectivity index (χ1v) is 12.9. The van der Waals surface area contributed by atoms with Crippen LogP contribution in [0.5, 0.6) is 0 Å². The molecule has 2 aromatic carbocycles. The van der Waals surface area contributed by atoms with Crippen molar-refractivity contribution in [1.82, 2.24) is 30.0 Å². The van der Waals surface area contributed by atoms with Crippen LogP contribution in [-0.2, 0) is 0 Å². The zero-order chi connectivity index (χ0) is 27.3. The van der Waals surface area contributed by atoms with Gasteiger partial charge in [-0.2, -0.15) is 0 Å². The Labute approximate surface area is 233 Å². The third kappa shape index (κ3) is 4.81. The minimum atomic E-state index is 0.612. The average Bonchev–Trinajstić information content (AvgIpc) is 3.28. The van der Waals surface area contributed by atoms with Gasteiger partial charge in [0.05, 0.1) is 29.5 Å². The summed E-state index contributed by atoms with van der Waals surface area (Å²) in [6.45, 7) is 7.98. The second-order valence-electron chi connectivity index (χ2n) is 9.07. The van der Waals surface area contributed by atoms with Crippen LogP contribution in [0.1, 0.15) is 22.5 Å². The van der Waals surface area contributed by atoms with Gasteiger partial charge in [-0.3, -0.25) is 4.98 Å². The van der Waals surface area contributed by atoms with Crippen LogP contribution in [0, 0.1) is 0 Å². The SMILES string of the molecule is C=CN1C=CC=C(c2ccccc2)/C1=C\c1cnc2c(/C=C3\C(c4ccccc4)=CC=CN3C=C)nnc-2cn1. The van der Waals surface area contributed by atoms with E-state index in [9.17, 15) is 0 Å². The number of aromatic nitrogens is 4. The summed E-state index contributed by atoms with van der Waals surface area (Å²) in [5.74, 6) is 0. The molecule has 40 heavy (non-hydrogen) atoms. The first kappa shape index (κ1) is 24.7. The predicted molar refractivity (Wildman–Crippen MR) is 161 cm³/mol. The van der Waals surface area contributed by atoms with Gasteiger partial charge in [-0.05, 0) is 35.4 Å². The number of hydrogen-bond acceptors (Lipinski definition) is 6. The van der Waals surface area contributed by atoms with E-state index in [1.54, 1.807) is 24.8 Å². The summed E-state index contributed by atoms with van der Waals surface area (Å²) in [5, 5.41) is 8.82. The van der Waals surface area contributed by atoms with Gasteiger partial charge in [-0.1, -0.05) is 86.0 Å². The molecule has 0 bridgehead atoms. The molecule has 0 radical (unpaired) electrons. The summed E-state index contributed by atoms with van der Waals surface area (Å²) in [4.78, 5) is 13.4. The number of fused-ring (bicyclic) bond motifs is 1. The summed E-state index contributed by atoms with van der Waals surface area (Å²) >= 11 is 0. The Bertz CT molecular complexity index is 1720. The molecule has 2 aromatic rings. The molecule has 0 unspecified atom stereocenters. The Morgan fingerprint density at radius 1 is 0.625 bits per heavy atom. The van der Waals surface area contributed by atoms with Crippen molar-refractivity contribution in [2.45, 2.75) is 0 Å². The Balaban J connectivity index is 1.41. The smallest absolute Gasteiger partial charge is 0.132 e. The van der Waals surface area contributed by atoms with E-state index < -0.39 is 0 Å². The van der Waals surface area contributed by atoms with Gasteiger partial charge in [0.2, 0.25) is 0 Å². The fourth-order valence-electron chi connectivity index (χ4n) is 4.71. The molecule has 0 aliphatic carbocycles. The van der Waals surface area contributed by atoms with E-state index in [0.29, 0.717) is 22.8 Å². The van der Waals surface area contributed by atoms with Gasteiger partial charge in [0.25, 0.3) is 0 Å². The molecule has 0 fully saturated rings. The molecule has 4 aliphatic rings. The van der Waals surface area contributed by atoms with Crippen molar-refractivity contribution in [3.05, 3.63) is 169 Å². The van der Waals surface area contributed by atoms with E-state index in [1.165, 1.54) is 0 Å². The molecule has 4 heterocycles. The van der Waals surface area contributed by atoms with Crippen molar-refractivity contribution >= 4 is 23.3 Å². The van der Waals surface area contributed by atoms with Crippen molar-refractivity contribution in [3.63, 3.8) is 0 Å². The molecule has 0 amide bonds. The first-order chi connectivity index (χ1) is 19.7. The van der Waals surface area contributed by atoms with Crippen LogP contribution >= 0.6 is 0 Å². The lowest BCUT2D eigenvalue weighted by atomic mass is 9.98. The second-order valence-corrected chi connectivity index (χ2v) is 9.07. The number of hydrogen-bond donors (Lipinski definition) is 0. The Kier molecular flexibility index (Phi) is 6.80.